The number of aromatic nitrogens is 2. The van der Waals surface area contributed by atoms with Gasteiger partial charge in [-0.25, -0.2) is 4.68 Å². The van der Waals surface area contributed by atoms with E-state index in [2.05, 4.69) is 18.9 Å². The number of aromatic hydroxyl groups is 1. The molecule has 0 saturated heterocycles. The average molecular weight is 202 g/mol. The number of benzene rings is 1. The number of phenolic OH excluding ortho intramolecular Hbond substituents is 1. The van der Waals surface area contributed by atoms with Crippen molar-refractivity contribution < 1.29 is 5.11 Å². The molecule has 2 aromatic rings. The summed E-state index contributed by atoms with van der Waals surface area (Å²) in [6.07, 6.45) is 3.57. The lowest BCUT2D eigenvalue weighted by Gasteiger charge is -2.09. The summed E-state index contributed by atoms with van der Waals surface area (Å²) in [5.74, 6) is 0.662. The topological polar surface area (TPSA) is 38.0 Å². The van der Waals surface area contributed by atoms with E-state index in [1.165, 1.54) is 0 Å². The fourth-order valence-electron chi connectivity index (χ4n) is 1.58. The van der Waals surface area contributed by atoms with Crippen molar-refractivity contribution in [3.8, 4) is 11.4 Å². The van der Waals surface area contributed by atoms with Gasteiger partial charge in [-0.05, 0) is 23.6 Å². The van der Waals surface area contributed by atoms with Gasteiger partial charge in [0.25, 0.3) is 0 Å². The predicted octanol–water partition coefficient (Wildman–Crippen LogP) is 2.70. The first kappa shape index (κ1) is 9.77. The van der Waals surface area contributed by atoms with Crippen LogP contribution in [-0.2, 0) is 0 Å². The van der Waals surface area contributed by atoms with Gasteiger partial charge in [-0.15, -0.1) is 0 Å². The van der Waals surface area contributed by atoms with E-state index in [4.69, 9.17) is 0 Å². The number of nitrogens with zero attached hydrogens (tertiary/aromatic N) is 2. The Kier molecular flexibility index (Phi) is 2.46. The van der Waals surface area contributed by atoms with Gasteiger partial charge in [0, 0.05) is 18.5 Å². The number of phenols is 1. The first-order valence-electron chi connectivity index (χ1n) is 5.01. The van der Waals surface area contributed by atoms with Gasteiger partial charge in [0.05, 0.1) is 5.69 Å². The Labute approximate surface area is 89.0 Å². The summed E-state index contributed by atoms with van der Waals surface area (Å²) < 4.78 is 1.73. The van der Waals surface area contributed by atoms with Crippen molar-refractivity contribution >= 4 is 0 Å². The second kappa shape index (κ2) is 3.77. The zero-order chi connectivity index (χ0) is 10.8. The third-order valence-corrected chi connectivity index (χ3v) is 2.40. The Bertz CT molecular complexity index is 447. The summed E-state index contributed by atoms with van der Waals surface area (Å²) in [5.41, 5.74) is 1.84. The molecule has 0 bridgehead atoms. The summed E-state index contributed by atoms with van der Waals surface area (Å²) in [7, 11) is 0. The Morgan fingerprint density at radius 2 is 2.13 bits per heavy atom. The van der Waals surface area contributed by atoms with Gasteiger partial charge in [-0.2, -0.15) is 5.10 Å². The molecule has 0 aliphatic rings. The molecule has 2 rings (SSSR count). The van der Waals surface area contributed by atoms with E-state index in [1.807, 2.05) is 24.4 Å². The molecule has 3 nitrogen and oxygen atoms in total. The highest BCUT2D eigenvalue weighted by molar-refractivity contribution is 5.44. The summed E-state index contributed by atoms with van der Waals surface area (Å²) in [4.78, 5) is 0. The molecule has 0 aliphatic carbocycles. The molecule has 0 saturated carbocycles. The molecule has 0 fully saturated rings. The standard InChI is InChI=1S/C12H14N2O/c1-9(2)11-5-4-10(8-12(11)15)14-7-3-6-13-14/h3-9,15H,1-2H3. The zero-order valence-electron chi connectivity index (χ0n) is 8.88. The second-order valence-corrected chi connectivity index (χ2v) is 3.85. The van der Waals surface area contributed by atoms with Gasteiger partial charge in [0.2, 0.25) is 0 Å². The molecule has 1 aromatic heterocycles. The van der Waals surface area contributed by atoms with Crippen molar-refractivity contribution in [1.82, 2.24) is 9.78 Å². The maximum absolute atomic E-state index is 9.82. The average Bonchev–Trinajstić information content (AvgIpc) is 2.69. The summed E-state index contributed by atoms with van der Waals surface area (Å²) >= 11 is 0. The zero-order valence-corrected chi connectivity index (χ0v) is 8.88. The molecule has 0 amide bonds. The van der Waals surface area contributed by atoms with E-state index in [-0.39, 0.29) is 0 Å². The fourth-order valence-corrected chi connectivity index (χ4v) is 1.58. The Hall–Kier alpha value is -1.77. The van der Waals surface area contributed by atoms with E-state index >= 15 is 0 Å². The maximum Gasteiger partial charge on any atom is 0.121 e. The van der Waals surface area contributed by atoms with Gasteiger partial charge in [-0.1, -0.05) is 19.9 Å². The van der Waals surface area contributed by atoms with Crippen LogP contribution in [0.1, 0.15) is 25.3 Å². The van der Waals surface area contributed by atoms with Gasteiger partial charge < -0.3 is 5.11 Å². The van der Waals surface area contributed by atoms with Crippen molar-refractivity contribution in [1.29, 1.82) is 0 Å². The summed E-state index contributed by atoms with van der Waals surface area (Å²) in [5, 5.41) is 13.9. The van der Waals surface area contributed by atoms with Gasteiger partial charge in [-0.3, -0.25) is 0 Å². The van der Waals surface area contributed by atoms with Crippen molar-refractivity contribution in [2.24, 2.45) is 0 Å². The Morgan fingerprint density at radius 1 is 1.33 bits per heavy atom. The summed E-state index contributed by atoms with van der Waals surface area (Å²) in [6.45, 7) is 4.12. The molecule has 1 aromatic carbocycles. The minimum absolute atomic E-state index is 0.330. The van der Waals surface area contributed by atoms with E-state index in [0.29, 0.717) is 11.7 Å². The smallest absolute Gasteiger partial charge is 0.121 e. The molecule has 1 heterocycles. The van der Waals surface area contributed by atoms with Gasteiger partial charge >= 0.3 is 0 Å². The first-order valence-corrected chi connectivity index (χ1v) is 5.01. The fraction of sp³-hybridized carbons (Fsp3) is 0.250. The second-order valence-electron chi connectivity index (χ2n) is 3.85. The van der Waals surface area contributed by atoms with Crippen LogP contribution < -0.4 is 0 Å². The van der Waals surface area contributed by atoms with E-state index in [0.717, 1.165) is 11.3 Å². The Morgan fingerprint density at radius 3 is 2.67 bits per heavy atom. The van der Waals surface area contributed by atoms with Crippen LogP contribution in [0.3, 0.4) is 0 Å². The normalized spacial score (nSPS) is 10.9. The monoisotopic (exact) mass is 202 g/mol. The van der Waals surface area contributed by atoms with Crippen LogP contribution >= 0.6 is 0 Å². The van der Waals surface area contributed by atoms with E-state index in [9.17, 15) is 5.11 Å². The van der Waals surface area contributed by atoms with Crippen LogP contribution in [0.15, 0.2) is 36.7 Å². The molecule has 1 N–H and O–H groups in total. The SMILES string of the molecule is CC(C)c1ccc(-n2cccn2)cc1O. The highest BCUT2D eigenvalue weighted by atomic mass is 16.3. The molecular weight excluding hydrogens is 188 g/mol. The highest BCUT2D eigenvalue weighted by Crippen LogP contribution is 2.27. The highest BCUT2D eigenvalue weighted by Gasteiger charge is 2.07. The molecule has 3 heteroatoms. The van der Waals surface area contributed by atoms with Crippen molar-refractivity contribution in [3.63, 3.8) is 0 Å². The number of rotatable bonds is 2. The minimum atomic E-state index is 0.330. The molecule has 78 valence electrons. The Balaban J connectivity index is 2.42. The lowest BCUT2D eigenvalue weighted by Crippen LogP contribution is -1.95. The van der Waals surface area contributed by atoms with E-state index in [1.54, 1.807) is 16.9 Å². The third-order valence-electron chi connectivity index (χ3n) is 2.40. The van der Waals surface area contributed by atoms with Crippen molar-refractivity contribution in [2.45, 2.75) is 19.8 Å². The quantitative estimate of drug-likeness (QED) is 0.813. The van der Waals surface area contributed by atoms with E-state index < -0.39 is 0 Å². The molecule has 0 spiro atoms. The largest absolute Gasteiger partial charge is 0.508 e. The maximum atomic E-state index is 9.82. The number of hydrogen-bond donors (Lipinski definition) is 1. The molecule has 0 aliphatic heterocycles. The summed E-state index contributed by atoms with van der Waals surface area (Å²) in [6, 6.07) is 7.49. The van der Waals surface area contributed by atoms with Crippen LogP contribution in [0, 0.1) is 0 Å². The first-order chi connectivity index (χ1) is 7.18. The lowest BCUT2D eigenvalue weighted by molar-refractivity contribution is 0.464. The van der Waals surface area contributed by atoms with Crippen LogP contribution in [0.25, 0.3) is 5.69 Å². The van der Waals surface area contributed by atoms with Gasteiger partial charge in [0.1, 0.15) is 5.75 Å². The van der Waals surface area contributed by atoms with Crippen LogP contribution in [0.5, 0.6) is 5.75 Å². The van der Waals surface area contributed by atoms with Crippen LogP contribution in [-0.4, -0.2) is 14.9 Å². The van der Waals surface area contributed by atoms with Crippen molar-refractivity contribution in [3.05, 3.63) is 42.2 Å². The lowest BCUT2D eigenvalue weighted by atomic mass is 10.0. The van der Waals surface area contributed by atoms with Crippen LogP contribution in [0.2, 0.25) is 0 Å². The molecule has 0 atom stereocenters. The van der Waals surface area contributed by atoms with Gasteiger partial charge in [0.15, 0.2) is 0 Å². The third kappa shape index (κ3) is 1.86. The number of hydrogen-bond acceptors (Lipinski definition) is 2. The molecular formula is C12H14N2O. The molecule has 15 heavy (non-hydrogen) atoms. The van der Waals surface area contributed by atoms with Crippen LogP contribution in [0.4, 0.5) is 0 Å². The molecule has 0 unspecified atom stereocenters. The predicted molar refractivity (Wildman–Crippen MR) is 59.3 cm³/mol. The molecule has 0 radical (unpaired) electrons. The van der Waals surface area contributed by atoms with Crippen molar-refractivity contribution in [2.75, 3.05) is 0 Å². The minimum Gasteiger partial charge on any atom is -0.508 e.